The number of anilines is 2. The Balaban J connectivity index is 1.85. The average Bonchev–Trinajstić information content (AvgIpc) is 2.46. The van der Waals surface area contributed by atoms with Crippen molar-refractivity contribution in [1.82, 2.24) is 9.97 Å². The summed E-state index contributed by atoms with van der Waals surface area (Å²) in [5.74, 6) is 1.67. The molecule has 0 aliphatic heterocycles. The first kappa shape index (κ1) is 14.4. The largest absolute Gasteiger partial charge is 0.367 e. The zero-order valence-electron chi connectivity index (χ0n) is 11.9. The molecule has 1 saturated carbocycles. The molecule has 0 aromatic carbocycles. The molecule has 106 valence electrons. The Hall–Kier alpha value is -0.970. The number of hydrogen-bond donors (Lipinski definition) is 2. The van der Waals surface area contributed by atoms with Gasteiger partial charge in [0.25, 0.3) is 0 Å². The Labute approximate surface area is 120 Å². The molecular weight excluding hydrogens is 256 g/mol. The fraction of sp³-hybridized carbons (Fsp3) is 0.714. The monoisotopic (exact) mass is 280 g/mol. The van der Waals surface area contributed by atoms with Crippen LogP contribution in [0.5, 0.6) is 0 Å². The topological polar surface area (TPSA) is 49.8 Å². The van der Waals surface area contributed by atoms with Gasteiger partial charge in [0.15, 0.2) is 0 Å². The molecule has 2 rings (SSSR count). The second kappa shape index (κ2) is 7.58. The predicted octanol–water partition coefficient (Wildman–Crippen LogP) is 3.38. The molecule has 19 heavy (non-hydrogen) atoms. The van der Waals surface area contributed by atoms with Gasteiger partial charge in [0.1, 0.15) is 5.82 Å². The number of hydrogen-bond acceptors (Lipinski definition) is 5. The van der Waals surface area contributed by atoms with Crippen LogP contribution < -0.4 is 10.6 Å². The lowest BCUT2D eigenvalue weighted by Gasteiger charge is -2.28. The Morgan fingerprint density at radius 1 is 1.32 bits per heavy atom. The number of rotatable bonds is 6. The maximum Gasteiger partial charge on any atom is 0.224 e. The molecule has 1 aromatic heterocycles. The van der Waals surface area contributed by atoms with Gasteiger partial charge in [-0.05, 0) is 44.4 Å². The highest BCUT2D eigenvalue weighted by atomic mass is 32.2. The van der Waals surface area contributed by atoms with E-state index in [1.807, 2.05) is 24.0 Å². The van der Waals surface area contributed by atoms with Crippen LogP contribution in [-0.2, 0) is 0 Å². The number of nitrogens with one attached hydrogen (secondary N) is 2. The normalized spacial score (nSPS) is 23.1. The van der Waals surface area contributed by atoms with Gasteiger partial charge in [-0.1, -0.05) is 6.92 Å². The predicted molar refractivity (Wildman–Crippen MR) is 84.0 cm³/mol. The summed E-state index contributed by atoms with van der Waals surface area (Å²) in [4.78, 5) is 8.73. The molecule has 1 heterocycles. The third-order valence-corrected chi connectivity index (χ3v) is 4.69. The zero-order valence-corrected chi connectivity index (χ0v) is 12.7. The van der Waals surface area contributed by atoms with Gasteiger partial charge in [0, 0.05) is 24.0 Å². The van der Waals surface area contributed by atoms with Crippen molar-refractivity contribution >= 4 is 23.5 Å². The third-order valence-electron chi connectivity index (χ3n) is 3.55. The highest BCUT2D eigenvalue weighted by molar-refractivity contribution is 7.99. The highest BCUT2D eigenvalue weighted by Gasteiger charge is 2.20. The van der Waals surface area contributed by atoms with Crippen LogP contribution in [0.1, 0.15) is 39.0 Å². The van der Waals surface area contributed by atoms with Gasteiger partial charge in [0.2, 0.25) is 5.95 Å². The van der Waals surface area contributed by atoms with Crippen molar-refractivity contribution in [2.75, 3.05) is 23.4 Å². The summed E-state index contributed by atoms with van der Waals surface area (Å²) in [6.45, 7) is 3.06. The first-order chi connectivity index (χ1) is 9.31. The van der Waals surface area contributed by atoms with Crippen LogP contribution >= 0.6 is 11.8 Å². The van der Waals surface area contributed by atoms with Crippen molar-refractivity contribution in [2.24, 2.45) is 0 Å². The molecule has 0 amide bonds. The van der Waals surface area contributed by atoms with E-state index in [2.05, 4.69) is 33.8 Å². The molecule has 0 spiro atoms. The summed E-state index contributed by atoms with van der Waals surface area (Å²) in [5.41, 5.74) is 0. The lowest BCUT2D eigenvalue weighted by molar-refractivity contribution is 0.472. The van der Waals surface area contributed by atoms with E-state index in [0.29, 0.717) is 6.04 Å². The first-order valence-corrected chi connectivity index (χ1v) is 8.47. The fourth-order valence-corrected chi connectivity index (χ4v) is 3.16. The van der Waals surface area contributed by atoms with Crippen LogP contribution in [0.3, 0.4) is 0 Å². The molecule has 0 atom stereocenters. The molecule has 4 nitrogen and oxygen atoms in total. The molecule has 0 radical (unpaired) electrons. The minimum atomic E-state index is 0.567. The number of thioether (sulfide) groups is 1. The van der Waals surface area contributed by atoms with Crippen molar-refractivity contribution in [2.45, 2.75) is 50.3 Å². The lowest BCUT2D eigenvalue weighted by Crippen LogP contribution is -2.27. The van der Waals surface area contributed by atoms with Crippen LogP contribution in [0.15, 0.2) is 12.3 Å². The van der Waals surface area contributed by atoms with Crippen molar-refractivity contribution < 1.29 is 0 Å². The number of aromatic nitrogens is 2. The highest BCUT2D eigenvalue weighted by Crippen LogP contribution is 2.28. The molecule has 5 heteroatoms. The minimum absolute atomic E-state index is 0.567. The van der Waals surface area contributed by atoms with E-state index in [4.69, 9.17) is 0 Å². The molecule has 1 aliphatic rings. The first-order valence-electron chi connectivity index (χ1n) is 7.18. The van der Waals surface area contributed by atoms with Gasteiger partial charge in [0.05, 0.1) is 0 Å². The standard InChI is InChI=1S/C14H24N4S/c1-3-9-15-14-16-10-8-13(18-14)17-11-4-6-12(19-2)7-5-11/h8,10-12H,3-7,9H2,1-2H3,(H2,15,16,17,18). The SMILES string of the molecule is CCCNc1nccc(NC2CCC(SC)CC2)n1. The molecular formula is C14H24N4S. The van der Waals surface area contributed by atoms with E-state index < -0.39 is 0 Å². The molecule has 1 aromatic rings. The third kappa shape index (κ3) is 4.56. The molecule has 2 N–H and O–H groups in total. The summed E-state index contributed by atoms with van der Waals surface area (Å²) in [6, 6.07) is 2.52. The van der Waals surface area contributed by atoms with Crippen LogP contribution in [0.4, 0.5) is 11.8 Å². The van der Waals surface area contributed by atoms with Crippen LogP contribution in [-0.4, -0.2) is 34.1 Å². The fourth-order valence-electron chi connectivity index (χ4n) is 2.41. The van der Waals surface area contributed by atoms with Gasteiger partial charge in [-0.25, -0.2) is 4.98 Å². The summed E-state index contributed by atoms with van der Waals surface area (Å²) in [6.07, 6.45) is 10.2. The van der Waals surface area contributed by atoms with E-state index >= 15 is 0 Å². The molecule has 0 unspecified atom stereocenters. The van der Waals surface area contributed by atoms with Crippen LogP contribution in [0, 0.1) is 0 Å². The van der Waals surface area contributed by atoms with E-state index in [-0.39, 0.29) is 0 Å². The summed E-state index contributed by atoms with van der Waals surface area (Å²) in [5, 5.41) is 7.62. The second-order valence-corrected chi connectivity index (χ2v) is 6.18. The van der Waals surface area contributed by atoms with Gasteiger partial charge >= 0.3 is 0 Å². The molecule has 0 bridgehead atoms. The van der Waals surface area contributed by atoms with Crippen molar-refractivity contribution in [3.05, 3.63) is 12.3 Å². The quantitative estimate of drug-likeness (QED) is 0.836. The maximum atomic E-state index is 4.51. The van der Waals surface area contributed by atoms with Crippen molar-refractivity contribution in [3.8, 4) is 0 Å². The molecule has 1 aliphatic carbocycles. The van der Waals surface area contributed by atoms with Crippen LogP contribution in [0.25, 0.3) is 0 Å². The number of nitrogens with zero attached hydrogens (tertiary/aromatic N) is 2. The van der Waals surface area contributed by atoms with Gasteiger partial charge in [-0.15, -0.1) is 0 Å². The minimum Gasteiger partial charge on any atom is -0.367 e. The Bertz CT molecular complexity index is 377. The van der Waals surface area contributed by atoms with Crippen molar-refractivity contribution in [3.63, 3.8) is 0 Å². The Kier molecular flexibility index (Phi) is 5.76. The summed E-state index contributed by atoms with van der Waals surface area (Å²) in [7, 11) is 0. The van der Waals surface area contributed by atoms with Gasteiger partial charge in [-0.2, -0.15) is 16.7 Å². The van der Waals surface area contributed by atoms with Gasteiger partial charge in [-0.3, -0.25) is 0 Å². The maximum absolute atomic E-state index is 4.51. The second-order valence-electron chi connectivity index (χ2n) is 5.05. The average molecular weight is 280 g/mol. The lowest BCUT2D eigenvalue weighted by atomic mass is 9.95. The van der Waals surface area contributed by atoms with E-state index in [1.54, 1.807) is 0 Å². The van der Waals surface area contributed by atoms with Gasteiger partial charge < -0.3 is 10.6 Å². The van der Waals surface area contributed by atoms with E-state index in [0.717, 1.165) is 30.0 Å². The Morgan fingerprint density at radius 3 is 2.79 bits per heavy atom. The van der Waals surface area contributed by atoms with Crippen molar-refractivity contribution in [1.29, 1.82) is 0 Å². The van der Waals surface area contributed by atoms with Crippen LogP contribution in [0.2, 0.25) is 0 Å². The Morgan fingerprint density at radius 2 is 2.11 bits per heavy atom. The summed E-state index contributed by atoms with van der Waals surface area (Å²) >= 11 is 2.00. The smallest absolute Gasteiger partial charge is 0.224 e. The van der Waals surface area contributed by atoms with E-state index in [9.17, 15) is 0 Å². The zero-order chi connectivity index (χ0) is 13.5. The molecule has 1 fully saturated rings. The van der Waals surface area contributed by atoms with E-state index in [1.165, 1.54) is 25.7 Å². The summed E-state index contributed by atoms with van der Waals surface area (Å²) < 4.78 is 0. The molecule has 0 saturated heterocycles.